The van der Waals surface area contributed by atoms with E-state index in [0.29, 0.717) is 190 Å². The maximum Gasteiger partial charge on any atom is 0.329 e. The van der Waals surface area contributed by atoms with Gasteiger partial charge in [0, 0.05) is 103 Å². The number of nitrogens with two attached hydrogens (primary N) is 9. The monoisotopic (exact) mass is 1870 g/mol. The lowest BCUT2D eigenvalue weighted by molar-refractivity contribution is -0.157. The van der Waals surface area contributed by atoms with E-state index in [4.69, 9.17) is 133 Å². The third-order valence-electron chi connectivity index (χ3n) is 13.3. The molecule has 734 valence electrons. The minimum absolute atomic E-state index is 0. The number of aliphatic hydroxyl groups is 1. The molecule has 0 unspecified atom stereocenters. The number of aliphatic carboxylic acids is 2. The van der Waals surface area contributed by atoms with Gasteiger partial charge in [-0.1, -0.05) is 0 Å². The number of nitrogens with one attached hydrogen (secondary N) is 1. The molecule has 123 heavy (non-hydrogen) atoms. The van der Waals surface area contributed by atoms with E-state index in [2.05, 4.69) is 56.6 Å². The molecule has 0 aliphatic heterocycles. The smallest absolute Gasteiger partial charge is 0.329 e. The molecular formula is C73H158N16O30S4. The summed E-state index contributed by atoms with van der Waals surface area (Å²) in [6.45, 7) is 18.1. The van der Waals surface area contributed by atoms with Crippen molar-refractivity contribution in [1.82, 2.24) is 15.1 Å². The number of carbonyl (C=O) groups excluding carboxylic acids is 6. The van der Waals surface area contributed by atoms with Gasteiger partial charge >= 0.3 is 29.8 Å². The number of carbonyl (C=O) groups is 8. The second-order valence-corrected chi connectivity index (χ2v) is 22.9. The maximum absolute atomic E-state index is 12.7. The summed E-state index contributed by atoms with van der Waals surface area (Å²) in [7, 11) is 12.5. The molecule has 0 aromatic rings. The highest BCUT2D eigenvalue weighted by atomic mass is 32.1. The predicted molar refractivity (Wildman–Crippen MR) is 486 cm³/mol. The molecule has 0 aliphatic carbocycles. The Kier molecular flexibility index (Phi) is 135. The summed E-state index contributed by atoms with van der Waals surface area (Å²) < 4.78 is 94.2. The third kappa shape index (κ3) is 117. The largest absolute Gasteiger partial charge is 0.480 e. The van der Waals surface area contributed by atoms with Crippen LogP contribution in [0, 0.1) is 12.3 Å². The summed E-state index contributed by atoms with van der Waals surface area (Å²) in [6, 6.07) is -2.76. The second-order valence-electron chi connectivity index (χ2n) is 22.9. The molecule has 0 aromatic carbocycles. The first kappa shape index (κ1) is 142. The molecular weight excluding hydrogens is 1710 g/mol. The molecule has 0 radical (unpaired) electrons. The average Bonchev–Trinajstić information content (AvgIpc) is 0.799. The Balaban J connectivity index is -0.000000121. The van der Waals surface area contributed by atoms with Crippen molar-refractivity contribution < 1.29 is 144 Å². The van der Waals surface area contributed by atoms with E-state index < -0.39 is 41.9 Å². The second kappa shape index (κ2) is 117. The van der Waals surface area contributed by atoms with Gasteiger partial charge in [-0.15, -0.1) is 12.3 Å². The van der Waals surface area contributed by atoms with Gasteiger partial charge < -0.3 is 177 Å². The number of aliphatic hydroxyl groups excluding tert-OH is 1. The van der Waals surface area contributed by atoms with Crippen LogP contribution in [0.1, 0.15) is 79.1 Å². The highest BCUT2D eigenvalue weighted by Gasteiger charge is 2.32. The van der Waals surface area contributed by atoms with Crippen molar-refractivity contribution >= 4 is 126 Å². The summed E-state index contributed by atoms with van der Waals surface area (Å²) in [5.74, 6) is -1.69. The van der Waals surface area contributed by atoms with Crippen molar-refractivity contribution in [3.05, 3.63) is 0 Å². The minimum Gasteiger partial charge on any atom is -0.480 e. The van der Waals surface area contributed by atoms with Gasteiger partial charge in [-0.3, -0.25) is 39.1 Å². The Labute approximate surface area is 755 Å². The van der Waals surface area contributed by atoms with E-state index in [1.54, 1.807) is 70.4 Å². The van der Waals surface area contributed by atoms with Gasteiger partial charge in [0.05, 0.1) is 159 Å². The van der Waals surface area contributed by atoms with Crippen LogP contribution in [0.25, 0.3) is 0 Å². The SMILES string of the molecule is C#CC.CCOC(=O)[C@@H](N)CCCN=C(N)N.CCOC(=O)[C@H](CCCN=C(N)N)N(CCOCCOC)C(=O)COCCOC.CCOC(=O)[C@H](CCCN=C(N)N)NCCOCCOC.COCCOCC(=O)O.COCCOCC=O.COCCOCCN(C(=O)COCCOC)[C@@H](CCCN=C(N)N)C(=O)O.COCCOCCO.S.S.S.S. The number of ether oxygens (including phenoxy) is 19. The van der Waals surface area contributed by atoms with E-state index in [0.717, 1.165) is 6.29 Å². The van der Waals surface area contributed by atoms with Gasteiger partial charge in [0.25, 0.3) is 0 Å². The van der Waals surface area contributed by atoms with Crippen molar-refractivity contribution in [2.24, 2.45) is 71.6 Å². The number of rotatable bonds is 69. The lowest BCUT2D eigenvalue weighted by Gasteiger charge is -2.30. The fourth-order valence-electron chi connectivity index (χ4n) is 7.90. The fraction of sp³-hybridized carbons (Fsp3) is 0.808. The fourth-order valence-corrected chi connectivity index (χ4v) is 7.90. The van der Waals surface area contributed by atoms with Crippen molar-refractivity contribution in [3.63, 3.8) is 0 Å². The zero-order valence-electron chi connectivity index (χ0n) is 74.6. The van der Waals surface area contributed by atoms with Crippen LogP contribution in [0.4, 0.5) is 0 Å². The number of methoxy groups -OCH3 is 8. The average molecular weight is 1870 g/mol. The molecule has 50 heteroatoms. The number of amides is 2. The summed E-state index contributed by atoms with van der Waals surface area (Å²) in [5.41, 5.74) is 47.4. The number of terminal acetylenes is 1. The van der Waals surface area contributed by atoms with E-state index in [1.165, 1.54) is 24.0 Å². The van der Waals surface area contributed by atoms with E-state index >= 15 is 0 Å². The number of hydrogen-bond acceptors (Lipinski definition) is 34. The van der Waals surface area contributed by atoms with Crippen molar-refractivity contribution in [1.29, 1.82) is 0 Å². The number of carboxylic acids is 2. The van der Waals surface area contributed by atoms with Crippen molar-refractivity contribution in [3.8, 4) is 12.3 Å². The summed E-state index contributed by atoms with van der Waals surface area (Å²) in [4.78, 5) is 110. The molecule has 0 spiro atoms. The number of aliphatic imine (C=N–C) groups is 4. The van der Waals surface area contributed by atoms with Crippen molar-refractivity contribution in [2.75, 3.05) is 288 Å². The molecule has 2 amide bonds. The highest BCUT2D eigenvalue weighted by Crippen LogP contribution is 2.13. The first-order valence-corrected chi connectivity index (χ1v) is 38.3. The van der Waals surface area contributed by atoms with E-state index in [9.17, 15) is 43.5 Å². The molecule has 22 N–H and O–H groups in total. The van der Waals surface area contributed by atoms with Gasteiger partial charge in [-0.2, -0.15) is 54.0 Å². The highest BCUT2D eigenvalue weighted by molar-refractivity contribution is 7.59. The first-order chi connectivity index (χ1) is 57.1. The van der Waals surface area contributed by atoms with Gasteiger partial charge in [-0.05, 0) is 79.1 Å². The number of esters is 3. The van der Waals surface area contributed by atoms with Crippen LogP contribution in [-0.4, -0.2) is 409 Å². The first-order valence-electron chi connectivity index (χ1n) is 38.3. The Morgan fingerprint density at radius 2 is 0.715 bits per heavy atom. The Bertz CT molecular complexity index is 2510. The number of aldehydes is 1. The molecule has 0 rings (SSSR count). The van der Waals surface area contributed by atoms with Crippen LogP contribution in [-0.2, 0) is 128 Å². The predicted octanol–water partition coefficient (Wildman–Crippen LogP) is -3.76. The van der Waals surface area contributed by atoms with E-state index in [-0.39, 0.29) is 194 Å². The third-order valence-corrected chi connectivity index (χ3v) is 13.3. The van der Waals surface area contributed by atoms with Crippen LogP contribution in [0.5, 0.6) is 0 Å². The molecule has 46 nitrogen and oxygen atoms in total. The standard InChI is InChI=1S/C18H36N4O7.C16H32N4O7.C13H28N4O4.C8H18N4O2.C5H10O4.C5H12O3.C5H10O3.C3H4.4H2S/c1-4-29-17(24)15(6-5-7-21-18(19)20)22(8-9-27-12-10-25-2)16(23)14-28-13-11-26-3;1-24-8-10-26-7-6-20(14(21)12-27-11-9-25-2)13(15(22)23)4-3-5-19-16(17)18;1-3-21-12(18)11(5-4-6-17-13(14)15)16-7-8-20-10-9-19-2;1-2-14-7(13)6(9)4-3-5-12-8(10)11;1-8-2-3-9-4-5(6)7;2*1-7-4-5-8-3-2-6;1-3-2;;;;/h15H,4-14H2,1-3H3,(H4,19,20,21);13H,3-12H2,1-2H3,(H,22,23)(H4,17,18,19);11,16H,3-10H2,1-2H3,(H4,14,15,17);6H,2-5,9H2,1H3,(H4,10,11,12);2-4H2,1H3,(H,6,7);6H,2-5H2,1H3;2H,3-5H2,1H3;1H,2H3;4*1H2/t15-;13-;11-;6-;;;;;;;;/m0000......../s1. The lowest BCUT2D eigenvalue weighted by Crippen LogP contribution is -2.49. The number of nitrogens with zero attached hydrogens (tertiary/aromatic N) is 6. The van der Waals surface area contributed by atoms with Gasteiger partial charge in [0.2, 0.25) is 11.8 Å². The summed E-state index contributed by atoms with van der Waals surface area (Å²) >= 11 is 0. The Morgan fingerprint density at radius 1 is 0.415 bits per heavy atom. The van der Waals surface area contributed by atoms with Gasteiger partial charge in [0.1, 0.15) is 56.9 Å². The molecule has 0 bridgehead atoms. The zero-order chi connectivity index (χ0) is 91.6. The zero-order valence-corrected chi connectivity index (χ0v) is 78.6. The summed E-state index contributed by atoms with van der Waals surface area (Å²) in [6.07, 6.45) is 9.26. The van der Waals surface area contributed by atoms with E-state index in [1.807, 2.05) is 0 Å². The van der Waals surface area contributed by atoms with Crippen LogP contribution >= 0.6 is 54.0 Å². The molecule has 0 fully saturated rings. The topological polar surface area (TPSA) is 675 Å². The molecule has 4 atom stereocenters. The lowest BCUT2D eigenvalue weighted by atomic mass is 10.1. The molecule has 0 saturated carbocycles. The quantitative estimate of drug-likeness (QED) is 0.00529. The van der Waals surface area contributed by atoms with Crippen LogP contribution in [0.15, 0.2) is 20.0 Å². The molecule has 0 aromatic heterocycles. The van der Waals surface area contributed by atoms with Gasteiger partial charge in [0.15, 0.2) is 23.8 Å². The molecule has 0 aliphatic rings. The van der Waals surface area contributed by atoms with Crippen molar-refractivity contribution in [2.45, 2.75) is 103 Å². The molecule has 0 heterocycles. The Morgan fingerprint density at radius 3 is 1.05 bits per heavy atom. The van der Waals surface area contributed by atoms with Crippen LogP contribution < -0.4 is 56.9 Å². The Hall–Kier alpha value is -6.76. The molecule has 0 saturated heterocycles. The normalized spacial score (nSPS) is 10.7. The summed E-state index contributed by atoms with van der Waals surface area (Å²) in [5, 5.41) is 28.9. The maximum atomic E-state index is 12.7. The minimum atomic E-state index is -1.11. The number of guanidine groups is 4. The number of carboxylic acid groups (broad SMARTS) is 2. The van der Waals surface area contributed by atoms with Crippen LogP contribution in [0.2, 0.25) is 0 Å². The van der Waals surface area contributed by atoms with Crippen LogP contribution in [0.3, 0.4) is 0 Å². The van der Waals surface area contributed by atoms with Gasteiger partial charge in [-0.25, -0.2) is 14.4 Å². The number of hydrogen-bond donors (Lipinski definition) is 13.